The number of carbonyl (C=O) groups excluding carboxylic acids is 1. The summed E-state index contributed by atoms with van der Waals surface area (Å²) in [6.45, 7) is 14.0. The van der Waals surface area contributed by atoms with Crippen molar-refractivity contribution >= 4 is 5.91 Å². The van der Waals surface area contributed by atoms with Gasteiger partial charge < -0.3 is 9.80 Å². The first-order valence-electron chi connectivity index (χ1n) is 12.5. The molecule has 2 aliphatic heterocycles. The van der Waals surface area contributed by atoms with Crippen LogP contribution in [-0.2, 0) is 4.79 Å². The van der Waals surface area contributed by atoms with Crippen LogP contribution < -0.4 is 0 Å². The number of hydrogen-bond donors (Lipinski definition) is 0. The molecule has 162 valence electrons. The van der Waals surface area contributed by atoms with Crippen LogP contribution in [0.3, 0.4) is 0 Å². The van der Waals surface area contributed by atoms with Crippen molar-refractivity contribution in [3.05, 3.63) is 0 Å². The quantitative estimate of drug-likeness (QED) is 0.590. The van der Waals surface area contributed by atoms with Gasteiger partial charge in [-0.3, -0.25) is 4.79 Å². The molecule has 0 radical (unpaired) electrons. The van der Waals surface area contributed by atoms with E-state index in [1.54, 1.807) is 0 Å². The van der Waals surface area contributed by atoms with E-state index in [-0.39, 0.29) is 0 Å². The Morgan fingerprint density at radius 1 is 0.857 bits per heavy atom. The molecule has 0 spiro atoms. The Hall–Kier alpha value is -0.570. The Balaban J connectivity index is 1.38. The molecule has 0 aromatic heterocycles. The van der Waals surface area contributed by atoms with Gasteiger partial charge >= 0.3 is 0 Å². The Bertz CT molecular complexity index is 467. The Labute approximate surface area is 174 Å². The van der Waals surface area contributed by atoms with Crippen molar-refractivity contribution in [1.82, 2.24) is 9.80 Å². The highest BCUT2D eigenvalue weighted by molar-refractivity contribution is 5.79. The highest BCUT2D eigenvalue weighted by Crippen LogP contribution is 2.34. The maximum atomic E-state index is 13.0. The van der Waals surface area contributed by atoms with Gasteiger partial charge in [-0.25, -0.2) is 0 Å². The summed E-state index contributed by atoms with van der Waals surface area (Å²) in [5.41, 5.74) is 0. The molecule has 1 atom stereocenters. The summed E-state index contributed by atoms with van der Waals surface area (Å²) in [6.07, 6.45) is 12.6. The van der Waals surface area contributed by atoms with Crippen LogP contribution in [0.25, 0.3) is 0 Å². The molecular formula is C25H46N2O. The number of nitrogens with zero attached hydrogens (tertiary/aromatic N) is 2. The first-order valence-corrected chi connectivity index (χ1v) is 12.5. The second kappa shape index (κ2) is 10.5. The van der Waals surface area contributed by atoms with Crippen molar-refractivity contribution < 1.29 is 4.79 Å². The molecular weight excluding hydrogens is 344 g/mol. The standard InChI is InChI=1S/C25H46N2O/c1-5-20(4)22-12-16-26(17-13-22)24-8-6-23(7-9-24)25(28)27-14-10-21(11-15-27)18-19(2)3/h19-24H,5-18H2,1-4H3. The fraction of sp³-hybridized carbons (Fsp3) is 0.960. The predicted molar refractivity (Wildman–Crippen MR) is 118 cm³/mol. The SMILES string of the molecule is CCC(C)C1CCN(C2CCC(C(=O)N3CCC(CC(C)C)CC3)CC2)CC1. The van der Waals surface area contributed by atoms with E-state index in [1.807, 2.05) is 0 Å². The molecule has 0 bridgehead atoms. The number of carbonyl (C=O) groups is 1. The predicted octanol–water partition coefficient (Wildman–Crippen LogP) is 5.59. The number of likely N-dealkylation sites (tertiary alicyclic amines) is 2. The normalized spacial score (nSPS) is 30.0. The number of hydrogen-bond acceptors (Lipinski definition) is 2. The smallest absolute Gasteiger partial charge is 0.225 e. The average molecular weight is 391 g/mol. The van der Waals surface area contributed by atoms with Crippen molar-refractivity contribution in [1.29, 1.82) is 0 Å². The van der Waals surface area contributed by atoms with E-state index in [2.05, 4.69) is 37.5 Å². The van der Waals surface area contributed by atoms with Gasteiger partial charge in [-0.1, -0.05) is 34.1 Å². The maximum absolute atomic E-state index is 13.0. The molecule has 0 N–H and O–H groups in total. The molecule has 3 aliphatic rings. The number of amides is 1. The third-order valence-corrected chi connectivity index (χ3v) is 8.32. The van der Waals surface area contributed by atoms with Gasteiger partial charge in [0.1, 0.15) is 0 Å². The van der Waals surface area contributed by atoms with Crippen LogP contribution >= 0.6 is 0 Å². The Morgan fingerprint density at radius 2 is 1.46 bits per heavy atom. The van der Waals surface area contributed by atoms with Gasteiger partial charge in [0.15, 0.2) is 0 Å². The lowest BCUT2D eigenvalue weighted by atomic mass is 9.80. The van der Waals surface area contributed by atoms with Gasteiger partial charge in [0.25, 0.3) is 0 Å². The highest BCUT2D eigenvalue weighted by Gasteiger charge is 2.34. The lowest BCUT2D eigenvalue weighted by Gasteiger charge is -2.42. The number of rotatable bonds is 6. The summed E-state index contributed by atoms with van der Waals surface area (Å²) in [5.74, 6) is 4.27. The largest absolute Gasteiger partial charge is 0.342 e. The van der Waals surface area contributed by atoms with Crippen LogP contribution in [0.1, 0.15) is 91.9 Å². The Kier molecular flexibility index (Phi) is 8.26. The van der Waals surface area contributed by atoms with Crippen LogP contribution in [0.5, 0.6) is 0 Å². The monoisotopic (exact) mass is 390 g/mol. The zero-order valence-corrected chi connectivity index (χ0v) is 19.2. The van der Waals surface area contributed by atoms with Crippen molar-refractivity contribution in [2.75, 3.05) is 26.2 Å². The highest BCUT2D eigenvalue weighted by atomic mass is 16.2. The summed E-state index contributed by atoms with van der Waals surface area (Å²) < 4.78 is 0. The topological polar surface area (TPSA) is 23.6 Å². The summed E-state index contributed by atoms with van der Waals surface area (Å²) >= 11 is 0. The van der Waals surface area contributed by atoms with Gasteiger partial charge in [-0.15, -0.1) is 0 Å². The van der Waals surface area contributed by atoms with E-state index in [1.165, 1.54) is 64.5 Å². The summed E-state index contributed by atoms with van der Waals surface area (Å²) in [6, 6.07) is 0.749. The fourth-order valence-electron chi connectivity index (χ4n) is 6.19. The van der Waals surface area contributed by atoms with Crippen LogP contribution in [-0.4, -0.2) is 47.9 Å². The molecule has 3 nitrogen and oxygen atoms in total. The molecule has 2 heterocycles. The molecule has 3 rings (SSSR count). The average Bonchev–Trinajstić information content (AvgIpc) is 2.73. The minimum atomic E-state index is 0.315. The second-order valence-electron chi connectivity index (χ2n) is 10.7. The van der Waals surface area contributed by atoms with Crippen molar-refractivity contribution in [3.63, 3.8) is 0 Å². The third kappa shape index (κ3) is 5.74. The molecule has 1 amide bonds. The first-order chi connectivity index (χ1) is 13.5. The molecule has 1 unspecified atom stereocenters. The molecule has 0 aromatic rings. The van der Waals surface area contributed by atoms with Crippen molar-refractivity contribution in [3.8, 4) is 0 Å². The summed E-state index contributed by atoms with van der Waals surface area (Å²) in [7, 11) is 0. The van der Waals surface area contributed by atoms with Gasteiger partial charge in [0, 0.05) is 25.0 Å². The molecule has 3 fully saturated rings. The van der Waals surface area contributed by atoms with E-state index in [0.29, 0.717) is 11.8 Å². The summed E-state index contributed by atoms with van der Waals surface area (Å²) in [4.78, 5) is 18.0. The fourth-order valence-corrected chi connectivity index (χ4v) is 6.19. The van der Waals surface area contributed by atoms with Crippen LogP contribution in [0, 0.1) is 29.6 Å². The van der Waals surface area contributed by atoms with Crippen molar-refractivity contribution in [2.24, 2.45) is 29.6 Å². The third-order valence-electron chi connectivity index (χ3n) is 8.32. The van der Waals surface area contributed by atoms with E-state index in [0.717, 1.165) is 55.6 Å². The van der Waals surface area contributed by atoms with E-state index in [9.17, 15) is 4.79 Å². The van der Waals surface area contributed by atoms with Gasteiger partial charge in [0.05, 0.1) is 0 Å². The minimum absolute atomic E-state index is 0.315. The van der Waals surface area contributed by atoms with Crippen LogP contribution in [0.4, 0.5) is 0 Å². The molecule has 28 heavy (non-hydrogen) atoms. The summed E-state index contributed by atoms with van der Waals surface area (Å²) in [5, 5.41) is 0. The molecule has 0 aromatic carbocycles. The Morgan fingerprint density at radius 3 is 2.00 bits per heavy atom. The van der Waals surface area contributed by atoms with Gasteiger partial charge in [-0.2, -0.15) is 0 Å². The number of piperidine rings is 2. The van der Waals surface area contributed by atoms with Gasteiger partial charge in [0.2, 0.25) is 5.91 Å². The van der Waals surface area contributed by atoms with E-state index >= 15 is 0 Å². The zero-order chi connectivity index (χ0) is 20.1. The van der Waals surface area contributed by atoms with Crippen LogP contribution in [0.2, 0.25) is 0 Å². The molecule has 1 saturated carbocycles. The van der Waals surface area contributed by atoms with E-state index < -0.39 is 0 Å². The lowest BCUT2D eigenvalue weighted by molar-refractivity contribution is -0.138. The maximum Gasteiger partial charge on any atom is 0.225 e. The zero-order valence-electron chi connectivity index (χ0n) is 19.2. The van der Waals surface area contributed by atoms with Gasteiger partial charge in [-0.05, 0) is 94.5 Å². The van der Waals surface area contributed by atoms with E-state index in [4.69, 9.17) is 0 Å². The molecule has 2 saturated heterocycles. The van der Waals surface area contributed by atoms with Crippen molar-refractivity contribution in [2.45, 2.75) is 97.9 Å². The minimum Gasteiger partial charge on any atom is -0.342 e. The van der Waals surface area contributed by atoms with Crippen LogP contribution in [0.15, 0.2) is 0 Å². The second-order valence-corrected chi connectivity index (χ2v) is 10.7. The molecule has 3 heteroatoms. The first kappa shape index (κ1) is 22.1. The molecule has 1 aliphatic carbocycles. The lowest BCUT2D eigenvalue weighted by Crippen LogP contribution is -2.47.